The Morgan fingerprint density at radius 1 is 0.857 bits per heavy atom. The predicted octanol–water partition coefficient (Wildman–Crippen LogP) is 3.63. The van der Waals surface area contributed by atoms with Crippen LogP contribution in [0.25, 0.3) is 11.0 Å². The second-order valence-electron chi connectivity index (χ2n) is 7.06. The Morgan fingerprint density at radius 2 is 1.61 bits per heavy atom. The third kappa shape index (κ3) is 4.11. The molecule has 0 amide bonds. The molecular weight excluding hydrogens is 346 g/mol. The molecule has 5 nitrogen and oxygen atoms in total. The molecule has 0 radical (unpaired) electrons. The van der Waals surface area contributed by atoms with Crippen molar-refractivity contribution < 1.29 is 0 Å². The molecule has 0 aliphatic heterocycles. The number of rotatable bonds is 7. The van der Waals surface area contributed by atoms with Gasteiger partial charge < -0.3 is 10.3 Å². The van der Waals surface area contributed by atoms with Crippen LogP contribution in [-0.2, 0) is 33.2 Å². The topological polar surface area (TPSA) is 60.0 Å². The molecule has 0 saturated carbocycles. The molecule has 0 aliphatic rings. The molecule has 0 saturated heterocycles. The Balaban J connectivity index is 1.60. The van der Waals surface area contributed by atoms with Gasteiger partial charge in [-0.2, -0.15) is 0 Å². The summed E-state index contributed by atoms with van der Waals surface area (Å²) in [6.07, 6.45) is 1.85. The number of para-hydroxylation sites is 2. The van der Waals surface area contributed by atoms with Crippen molar-refractivity contribution in [2.75, 3.05) is 0 Å². The molecule has 0 fully saturated rings. The summed E-state index contributed by atoms with van der Waals surface area (Å²) in [6, 6.07) is 22.8. The molecule has 0 aliphatic carbocycles. The van der Waals surface area contributed by atoms with Gasteiger partial charge in [-0.15, -0.1) is 0 Å². The summed E-state index contributed by atoms with van der Waals surface area (Å²) in [5, 5.41) is 0. The van der Waals surface area contributed by atoms with Gasteiger partial charge in [-0.3, -0.25) is 9.88 Å². The first-order valence-electron chi connectivity index (χ1n) is 9.53. The zero-order valence-electron chi connectivity index (χ0n) is 16.1. The zero-order valence-corrected chi connectivity index (χ0v) is 16.1. The van der Waals surface area contributed by atoms with Crippen LogP contribution in [-0.4, -0.2) is 19.4 Å². The molecule has 0 atom stereocenters. The van der Waals surface area contributed by atoms with E-state index in [2.05, 4.69) is 70.0 Å². The summed E-state index contributed by atoms with van der Waals surface area (Å²) >= 11 is 0. The largest absolute Gasteiger partial charge is 0.330 e. The van der Waals surface area contributed by atoms with Gasteiger partial charge in [-0.1, -0.05) is 42.5 Å². The quantitative estimate of drug-likeness (QED) is 0.539. The predicted molar refractivity (Wildman–Crippen MR) is 112 cm³/mol. The fraction of sp³-hybridized carbons (Fsp3) is 0.217. The van der Waals surface area contributed by atoms with E-state index >= 15 is 0 Å². The van der Waals surface area contributed by atoms with E-state index in [1.807, 2.05) is 24.4 Å². The van der Waals surface area contributed by atoms with Crippen molar-refractivity contribution >= 4 is 11.0 Å². The number of hydrogen-bond acceptors (Lipinski definition) is 4. The van der Waals surface area contributed by atoms with E-state index in [1.54, 1.807) is 0 Å². The third-order valence-electron chi connectivity index (χ3n) is 5.02. The second-order valence-corrected chi connectivity index (χ2v) is 7.06. The summed E-state index contributed by atoms with van der Waals surface area (Å²) in [5.41, 5.74) is 11.4. The number of hydrogen-bond donors (Lipinski definition) is 1. The standard InChI is InChI=1S/C23H25N5/c1-27-22-8-3-2-7-21(22)26-23(27)17-28(16-20-6-4-5-13-25-20)15-19-11-9-18(14-24)10-12-19/h2-13H,14-17,24H2,1H3. The van der Waals surface area contributed by atoms with Crippen molar-refractivity contribution in [3.05, 3.63) is 95.6 Å². The number of pyridine rings is 1. The molecule has 0 bridgehead atoms. The van der Waals surface area contributed by atoms with Gasteiger partial charge in [0, 0.05) is 32.9 Å². The van der Waals surface area contributed by atoms with Gasteiger partial charge in [0.25, 0.3) is 0 Å². The van der Waals surface area contributed by atoms with E-state index in [-0.39, 0.29) is 0 Å². The lowest BCUT2D eigenvalue weighted by atomic mass is 10.1. The number of aromatic nitrogens is 3. The van der Waals surface area contributed by atoms with E-state index in [4.69, 9.17) is 10.7 Å². The number of imidazole rings is 1. The molecule has 4 aromatic rings. The molecule has 28 heavy (non-hydrogen) atoms. The number of benzene rings is 2. The highest BCUT2D eigenvalue weighted by atomic mass is 15.2. The number of aryl methyl sites for hydroxylation is 1. The van der Waals surface area contributed by atoms with Crippen molar-refractivity contribution in [2.45, 2.75) is 26.2 Å². The Labute approximate surface area is 165 Å². The highest BCUT2D eigenvalue weighted by Crippen LogP contribution is 2.18. The normalized spacial score (nSPS) is 11.4. The summed E-state index contributed by atoms with van der Waals surface area (Å²) in [4.78, 5) is 11.7. The first-order chi connectivity index (χ1) is 13.7. The lowest BCUT2D eigenvalue weighted by molar-refractivity contribution is 0.236. The highest BCUT2D eigenvalue weighted by molar-refractivity contribution is 5.75. The number of nitrogens with zero attached hydrogens (tertiary/aromatic N) is 4. The first kappa shape index (κ1) is 18.3. The average Bonchev–Trinajstić information content (AvgIpc) is 3.05. The maximum Gasteiger partial charge on any atom is 0.123 e. The Hall–Kier alpha value is -3.02. The van der Waals surface area contributed by atoms with Crippen LogP contribution in [0, 0.1) is 0 Å². The van der Waals surface area contributed by atoms with Crippen LogP contribution < -0.4 is 5.73 Å². The molecule has 4 rings (SSSR count). The minimum atomic E-state index is 0.567. The van der Waals surface area contributed by atoms with Crippen molar-refractivity contribution in [3.8, 4) is 0 Å². The van der Waals surface area contributed by atoms with E-state index < -0.39 is 0 Å². The van der Waals surface area contributed by atoms with E-state index in [0.29, 0.717) is 6.54 Å². The van der Waals surface area contributed by atoms with Crippen LogP contribution >= 0.6 is 0 Å². The molecule has 142 valence electrons. The molecule has 2 heterocycles. The van der Waals surface area contributed by atoms with Gasteiger partial charge in [-0.25, -0.2) is 4.98 Å². The van der Waals surface area contributed by atoms with Crippen molar-refractivity contribution in [1.29, 1.82) is 0 Å². The minimum absolute atomic E-state index is 0.567. The average molecular weight is 371 g/mol. The van der Waals surface area contributed by atoms with Gasteiger partial charge >= 0.3 is 0 Å². The fourth-order valence-electron chi connectivity index (χ4n) is 3.46. The van der Waals surface area contributed by atoms with Gasteiger partial charge in [0.2, 0.25) is 0 Å². The summed E-state index contributed by atoms with van der Waals surface area (Å²) < 4.78 is 2.18. The number of nitrogens with two attached hydrogens (primary N) is 1. The maximum atomic E-state index is 5.73. The lowest BCUT2D eigenvalue weighted by Crippen LogP contribution is -2.24. The summed E-state index contributed by atoms with van der Waals surface area (Å²) in [7, 11) is 2.08. The summed E-state index contributed by atoms with van der Waals surface area (Å²) in [6.45, 7) is 2.91. The van der Waals surface area contributed by atoms with Crippen LogP contribution in [0.15, 0.2) is 72.9 Å². The van der Waals surface area contributed by atoms with E-state index in [0.717, 1.165) is 47.7 Å². The maximum absolute atomic E-state index is 5.73. The summed E-state index contributed by atoms with van der Waals surface area (Å²) in [5.74, 6) is 1.05. The first-order valence-corrected chi connectivity index (χ1v) is 9.53. The van der Waals surface area contributed by atoms with E-state index in [1.165, 1.54) is 5.56 Å². The van der Waals surface area contributed by atoms with Gasteiger partial charge in [0.1, 0.15) is 5.82 Å². The van der Waals surface area contributed by atoms with Crippen LogP contribution in [0.5, 0.6) is 0 Å². The number of fused-ring (bicyclic) bond motifs is 1. The smallest absolute Gasteiger partial charge is 0.123 e. The van der Waals surface area contributed by atoms with Gasteiger partial charge in [0.05, 0.1) is 23.3 Å². The highest BCUT2D eigenvalue weighted by Gasteiger charge is 2.14. The molecular formula is C23H25N5. The second kappa shape index (κ2) is 8.33. The monoisotopic (exact) mass is 371 g/mol. The fourth-order valence-corrected chi connectivity index (χ4v) is 3.46. The van der Waals surface area contributed by atoms with Crippen LogP contribution in [0.1, 0.15) is 22.6 Å². The molecule has 2 aromatic heterocycles. The molecule has 2 aromatic carbocycles. The molecule has 2 N–H and O–H groups in total. The van der Waals surface area contributed by atoms with Crippen LogP contribution in [0.3, 0.4) is 0 Å². The van der Waals surface area contributed by atoms with Gasteiger partial charge in [-0.05, 0) is 35.4 Å². The zero-order chi connectivity index (χ0) is 19.3. The Kier molecular flexibility index (Phi) is 5.46. The van der Waals surface area contributed by atoms with Crippen molar-refractivity contribution in [2.24, 2.45) is 12.8 Å². The third-order valence-corrected chi connectivity index (χ3v) is 5.02. The molecule has 5 heteroatoms. The molecule has 0 unspecified atom stereocenters. The Morgan fingerprint density at radius 3 is 2.32 bits per heavy atom. The SMILES string of the molecule is Cn1c(CN(Cc2ccc(CN)cc2)Cc2ccccn2)nc2ccccc21. The minimum Gasteiger partial charge on any atom is -0.330 e. The van der Waals surface area contributed by atoms with E-state index in [9.17, 15) is 0 Å². The van der Waals surface area contributed by atoms with Crippen molar-refractivity contribution in [3.63, 3.8) is 0 Å². The lowest BCUT2D eigenvalue weighted by Gasteiger charge is -2.22. The van der Waals surface area contributed by atoms with Crippen LogP contribution in [0.2, 0.25) is 0 Å². The Bertz CT molecular complexity index is 1040. The van der Waals surface area contributed by atoms with Crippen LogP contribution in [0.4, 0.5) is 0 Å². The molecule has 0 spiro atoms. The van der Waals surface area contributed by atoms with Crippen molar-refractivity contribution in [1.82, 2.24) is 19.4 Å². The van der Waals surface area contributed by atoms with Gasteiger partial charge in [0.15, 0.2) is 0 Å².